The van der Waals surface area contributed by atoms with Crippen molar-refractivity contribution in [3.63, 3.8) is 0 Å². The second-order valence-corrected chi connectivity index (χ2v) is 7.77. The van der Waals surface area contributed by atoms with Gasteiger partial charge >= 0.3 is 0 Å². The molecule has 0 aliphatic heterocycles. The lowest BCUT2D eigenvalue weighted by Crippen LogP contribution is -2.38. The van der Waals surface area contributed by atoms with Gasteiger partial charge in [-0.2, -0.15) is 0 Å². The fourth-order valence-electron chi connectivity index (χ4n) is 2.98. The van der Waals surface area contributed by atoms with Gasteiger partial charge in [0.05, 0.1) is 18.8 Å². The maximum absolute atomic E-state index is 5.47. The third kappa shape index (κ3) is 6.27. The van der Waals surface area contributed by atoms with Crippen LogP contribution in [-0.4, -0.2) is 32.4 Å². The minimum absolute atomic E-state index is 0. The summed E-state index contributed by atoms with van der Waals surface area (Å²) in [5.41, 5.74) is 2.07. The number of nitrogens with zero attached hydrogens (tertiary/aromatic N) is 5. The lowest BCUT2D eigenvalue weighted by atomic mass is 10.1. The SMILES string of the molecule is CCc1noc(CC)c1CN=C(NCCc1cccs1)NCc1nnc(C)n1C.I. The fraction of sp³-hybridized carbons (Fsp3) is 0.500. The molecule has 0 saturated heterocycles. The van der Waals surface area contributed by atoms with Gasteiger partial charge in [-0.1, -0.05) is 25.1 Å². The van der Waals surface area contributed by atoms with Gasteiger partial charge in [0.15, 0.2) is 11.8 Å². The van der Waals surface area contributed by atoms with Crippen molar-refractivity contribution in [2.45, 2.75) is 53.1 Å². The minimum atomic E-state index is 0. The summed E-state index contributed by atoms with van der Waals surface area (Å²) in [6, 6.07) is 4.23. The molecule has 0 fully saturated rings. The van der Waals surface area contributed by atoms with Gasteiger partial charge in [0, 0.05) is 30.5 Å². The lowest BCUT2D eigenvalue weighted by molar-refractivity contribution is 0.380. The largest absolute Gasteiger partial charge is 0.361 e. The molecule has 0 aliphatic carbocycles. The molecule has 0 atom stereocenters. The van der Waals surface area contributed by atoms with Crippen LogP contribution in [0.4, 0.5) is 0 Å². The number of hydrogen-bond acceptors (Lipinski definition) is 6. The number of aliphatic imine (C=N–C) groups is 1. The van der Waals surface area contributed by atoms with E-state index in [1.807, 2.05) is 18.5 Å². The van der Waals surface area contributed by atoms with Gasteiger partial charge in [0.2, 0.25) is 0 Å². The van der Waals surface area contributed by atoms with E-state index in [1.165, 1.54) is 4.88 Å². The molecule has 10 heteroatoms. The molecular weight excluding hydrogens is 513 g/mol. The summed E-state index contributed by atoms with van der Waals surface area (Å²) in [5, 5.41) is 21.4. The fourth-order valence-corrected chi connectivity index (χ4v) is 3.68. The first-order chi connectivity index (χ1) is 14.1. The van der Waals surface area contributed by atoms with Crippen molar-refractivity contribution in [2.24, 2.45) is 12.0 Å². The van der Waals surface area contributed by atoms with Crippen molar-refractivity contribution >= 4 is 41.3 Å². The highest BCUT2D eigenvalue weighted by Crippen LogP contribution is 2.16. The number of rotatable bonds is 9. The quantitative estimate of drug-likeness (QED) is 0.244. The molecule has 0 spiro atoms. The third-order valence-corrected chi connectivity index (χ3v) is 5.78. The molecule has 0 bridgehead atoms. The van der Waals surface area contributed by atoms with Crippen LogP contribution in [0.2, 0.25) is 0 Å². The summed E-state index contributed by atoms with van der Waals surface area (Å²) in [5.74, 6) is 3.40. The standard InChI is InChI=1S/C20H29N7OS.HI/c1-5-17-16(18(6-2)28-26-17)12-22-20(21-10-9-15-8-7-11-29-15)23-13-19-25-24-14(3)27(19)4;/h7-8,11H,5-6,9-10,12-13H2,1-4H3,(H2,21,22,23);1H. The van der Waals surface area contributed by atoms with Crippen molar-refractivity contribution < 1.29 is 4.52 Å². The predicted molar refractivity (Wildman–Crippen MR) is 130 cm³/mol. The Kier molecular flexibility index (Phi) is 9.76. The Morgan fingerprint density at radius 2 is 2.07 bits per heavy atom. The van der Waals surface area contributed by atoms with Gasteiger partial charge in [-0.3, -0.25) is 0 Å². The summed E-state index contributed by atoms with van der Waals surface area (Å²) < 4.78 is 7.44. The molecule has 0 radical (unpaired) electrons. The Morgan fingerprint density at radius 3 is 2.70 bits per heavy atom. The van der Waals surface area contributed by atoms with Gasteiger partial charge in [-0.05, 0) is 31.2 Å². The maximum atomic E-state index is 5.47. The summed E-state index contributed by atoms with van der Waals surface area (Å²) in [6.07, 6.45) is 2.60. The topological polar surface area (TPSA) is 93.2 Å². The molecule has 8 nitrogen and oxygen atoms in total. The van der Waals surface area contributed by atoms with Gasteiger partial charge < -0.3 is 19.7 Å². The van der Waals surface area contributed by atoms with E-state index < -0.39 is 0 Å². The summed E-state index contributed by atoms with van der Waals surface area (Å²) in [4.78, 5) is 6.14. The average Bonchev–Trinajstić information content (AvgIpc) is 3.45. The highest BCUT2D eigenvalue weighted by atomic mass is 127. The highest BCUT2D eigenvalue weighted by molar-refractivity contribution is 14.0. The predicted octanol–water partition coefficient (Wildman–Crippen LogP) is 3.39. The Morgan fingerprint density at radius 1 is 1.23 bits per heavy atom. The maximum Gasteiger partial charge on any atom is 0.191 e. The molecule has 3 rings (SSSR count). The number of aryl methyl sites for hydroxylation is 3. The van der Waals surface area contributed by atoms with E-state index in [4.69, 9.17) is 9.52 Å². The lowest BCUT2D eigenvalue weighted by Gasteiger charge is -2.12. The van der Waals surface area contributed by atoms with E-state index in [9.17, 15) is 0 Å². The van der Waals surface area contributed by atoms with E-state index in [0.717, 1.165) is 60.4 Å². The Balaban J connectivity index is 0.00000320. The molecule has 3 heterocycles. The van der Waals surface area contributed by atoms with Crippen molar-refractivity contribution in [1.29, 1.82) is 0 Å². The first kappa shape index (κ1) is 24.3. The molecule has 0 amide bonds. The number of halogens is 1. The van der Waals surface area contributed by atoms with Crippen LogP contribution in [0.3, 0.4) is 0 Å². The van der Waals surface area contributed by atoms with Crippen molar-refractivity contribution in [1.82, 2.24) is 30.6 Å². The molecule has 3 aromatic heterocycles. The molecule has 164 valence electrons. The molecular formula is C20H30IN7OS. The third-order valence-electron chi connectivity index (χ3n) is 4.84. The van der Waals surface area contributed by atoms with Crippen LogP contribution in [0.1, 0.15) is 47.4 Å². The van der Waals surface area contributed by atoms with E-state index in [2.05, 4.69) is 57.3 Å². The number of guanidine groups is 1. The second kappa shape index (κ2) is 12.0. The number of thiophene rings is 1. The monoisotopic (exact) mass is 543 g/mol. The first-order valence-electron chi connectivity index (χ1n) is 9.98. The number of hydrogen-bond donors (Lipinski definition) is 2. The molecule has 30 heavy (non-hydrogen) atoms. The van der Waals surface area contributed by atoms with E-state index in [1.54, 1.807) is 11.3 Å². The van der Waals surface area contributed by atoms with Gasteiger partial charge in [-0.25, -0.2) is 4.99 Å². The van der Waals surface area contributed by atoms with Crippen LogP contribution >= 0.6 is 35.3 Å². The molecule has 0 unspecified atom stereocenters. The van der Waals surface area contributed by atoms with E-state index in [0.29, 0.717) is 13.1 Å². The average molecular weight is 543 g/mol. The van der Waals surface area contributed by atoms with Crippen molar-refractivity contribution in [3.8, 4) is 0 Å². The minimum Gasteiger partial charge on any atom is -0.361 e. The first-order valence-corrected chi connectivity index (χ1v) is 10.9. The summed E-state index contributed by atoms with van der Waals surface area (Å²) in [6.45, 7) is 7.97. The van der Waals surface area contributed by atoms with Gasteiger partial charge in [0.1, 0.15) is 11.6 Å². The normalized spacial score (nSPS) is 11.4. The molecule has 2 N–H and O–H groups in total. The summed E-state index contributed by atoms with van der Waals surface area (Å²) >= 11 is 1.77. The van der Waals surface area contributed by atoms with Crippen molar-refractivity contribution in [3.05, 3.63) is 51.1 Å². The van der Waals surface area contributed by atoms with Crippen LogP contribution in [0.5, 0.6) is 0 Å². The van der Waals surface area contributed by atoms with E-state index in [-0.39, 0.29) is 24.0 Å². The summed E-state index contributed by atoms with van der Waals surface area (Å²) in [7, 11) is 1.96. The van der Waals surface area contributed by atoms with E-state index >= 15 is 0 Å². The zero-order chi connectivity index (χ0) is 20.6. The van der Waals surface area contributed by atoms with Gasteiger partial charge in [0.25, 0.3) is 0 Å². The highest BCUT2D eigenvalue weighted by Gasteiger charge is 2.13. The molecule has 3 aromatic rings. The van der Waals surface area contributed by atoms with Crippen molar-refractivity contribution in [2.75, 3.05) is 6.54 Å². The zero-order valence-electron chi connectivity index (χ0n) is 17.9. The van der Waals surface area contributed by atoms with Crippen LogP contribution in [0, 0.1) is 6.92 Å². The number of nitrogens with one attached hydrogen (secondary N) is 2. The van der Waals surface area contributed by atoms with Gasteiger partial charge in [-0.15, -0.1) is 45.5 Å². The van der Waals surface area contributed by atoms with Crippen LogP contribution in [0.15, 0.2) is 27.0 Å². The van der Waals surface area contributed by atoms with Crippen LogP contribution in [0.25, 0.3) is 0 Å². The molecule has 0 aliphatic rings. The molecule has 0 saturated carbocycles. The Hall–Kier alpha value is -1.95. The smallest absolute Gasteiger partial charge is 0.191 e. The van der Waals surface area contributed by atoms with Crippen LogP contribution < -0.4 is 10.6 Å². The Bertz CT molecular complexity index is 912. The van der Waals surface area contributed by atoms with Crippen LogP contribution in [-0.2, 0) is 39.4 Å². The molecule has 0 aromatic carbocycles. The Labute approximate surface area is 198 Å². The number of aromatic nitrogens is 4. The second-order valence-electron chi connectivity index (χ2n) is 6.74. The zero-order valence-corrected chi connectivity index (χ0v) is 21.1.